The van der Waals surface area contributed by atoms with Crippen molar-refractivity contribution in [2.45, 2.75) is 26.7 Å². The van der Waals surface area contributed by atoms with Gasteiger partial charge in [-0.3, -0.25) is 4.99 Å². The summed E-state index contributed by atoms with van der Waals surface area (Å²) in [6, 6.07) is 12.1. The Morgan fingerprint density at radius 1 is 1.20 bits per heavy atom. The molecule has 1 heterocycles. The van der Waals surface area contributed by atoms with Crippen LogP contribution < -0.4 is 15.4 Å². The van der Waals surface area contributed by atoms with Crippen LogP contribution in [0.15, 0.2) is 52.1 Å². The normalized spacial score (nSPS) is 12.7. The van der Waals surface area contributed by atoms with Gasteiger partial charge >= 0.3 is 0 Å². The van der Waals surface area contributed by atoms with E-state index in [0.29, 0.717) is 5.92 Å². The second-order valence-electron chi connectivity index (χ2n) is 6.13. The van der Waals surface area contributed by atoms with Gasteiger partial charge in [0, 0.05) is 26.1 Å². The molecule has 0 bridgehead atoms. The third kappa shape index (κ3) is 6.91. The van der Waals surface area contributed by atoms with Crippen molar-refractivity contribution in [2.75, 3.05) is 26.7 Å². The number of methoxy groups -OCH3 is 1. The summed E-state index contributed by atoms with van der Waals surface area (Å²) in [6.07, 6.45) is 3.55. The predicted molar refractivity (Wildman–Crippen MR) is 102 cm³/mol. The number of hydrogen-bond acceptors (Lipinski definition) is 3. The molecule has 0 spiro atoms. The molecule has 25 heavy (non-hydrogen) atoms. The highest BCUT2D eigenvalue weighted by Gasteiger charge is 2.05. The Morgan fingerprint density at radius 3 is 2.64 bits per heavy atom. The Kier molecular flexibility index (Phi) is 7.89. The number of rotatable bonds is 9. The van der Waals surface area contributed by atoms with Crippen LogP contribution in [0.2, 0.25) is 0 Å². The average Bonchev–Trinajstić information content (AvgIpc) is 3.14. The van der Waals surface area contributed by atoms with Crippen molar-refractivity contribution in [2.24, 2.45) is 10.9 Å². The molecule has 0 aliphatic carbocycles. The first-order chi connectivity index (χ1) is 12.2. The van der Waals surface area contributed by atoms with E-state index in [1.165, 1.54) is 5.56 Å². The van der Waals surface area contributed by atoms with Crippen LogP contribution in [0.4, 0.5) is 0 Å². The molecule has 1 atom stereocenters. The van der Waals surface area contributed by atoms with Crippen LogP contribution >= 0.6 is 0 Å². The predicted octanol–water partition coefficient (Wildman–Crippen LogP) is 3.26. The lowest BCUT2D eigenvalue weighted by molar-refractivity contribution is 0.414. The number of aliphatic imine (C=N–C) groups is 1. The lowest BCUT2D eigenvalue weighted by Crippen LogP contribution is -2.38. The minimum Gasteiger partial charge on any atom is -0.497 e. The lowest BCUT2D eigenvalue weighted by Gasteiger charge is -2.13. The van der Waals surface area contributed by atoms with E-state index in [1.807, 2.05) is 24.3 Å². The van der Waals surface area contributed by atoms with E-state index >= 15 is 0 Å². The van der Waals surface area contributed by atoms with E-state index in [4.69, 9.17) is 14.1 Å². The fourth-order valence-electron chi connectivity index (χ4n) is 2.58. The Labute approximate surface area is 150 Å². The molecule has 1 unspecified atom stereocenters. The Morgan fingerprint density at radius 2 is 2.00 bits per heavy atom. The summed E-state index contributed by atoms with van der Waals surface area (Å²) < 4.78 is 10.5. The van der Waals surface area contributed by atoms with E-state index in [1.54, 1.807) is 13.4 Å². The van der Waals surface area contributed by atoms with Gasteiger partial charge in [0.15, 0.2) is 5.96 Å². The molecule has 5 nitrogen and oxygen atoms in total. The quantitative estimate of drug-likeness (QED) is 0.542. The van der Waals surface area contributed by atoms with Crippen molar-refractivity contribution in [3.8, 4) is 5.75 Å². The zero-order chi connectivity index (χ0) is 17.9. The number of furan rings is 1. The molecule has 0 saturated carbocycles. The molecule has 0 radical (unpaired) electrons. The zero-order valence-corrected chi connectivity index (χ0v) is 15.4. The van der Waals surface area contributed by atoms with Crippen molar-refractivity contribution in [1.29, 1.82) is 0 Å². The number of nitrogens with one attached hydrogen (secondary N) is 2. The van der Waals surface area contributed by atoms with Crippen molar-refractivity contribution >= 4 is 5.96 Å². The molecule has 0 amide bonds. The van der Waals surface area contributed by atoms with Gasteiger partial charge in [0.2, 0.25) is 0 Å². The minimum atomic E-state index is 0.467. The fraction of sp³-hybridized carbons (Fsp3) is 0.450. The molecule has 0 aliphatic heterocycles. The second kappa shape index (κ2) is 10.4. The molecule has 2 rings (SSSR count). The fourth-order valence-corrected chi connectivity index (χ4v) is 2.58. The molecule has 0 fully saturated rings. The largest absolute Gasteiger partial charge is 0.497 e. The molecular formula is C20H29N3O2. The highest BCUT2D eigenvalue weighted by molar-refractivity contribution is 5.79. The monoisotopic (exact) mass is 343 g/mol. The van der Waals surface area contributed by atoms with Crippen molar-refractivity contribution < 1.29 is 9.15 Å². The zero-order valence-electron chi connectivity index (χ0n) is 15.4. The van der Waals surface area contributed by atoms with E-state index in [-0.39, 0.29) is 0 Å². The molecule has 1 aromatic heterocycles. The van der Waals surface area contributed by atoms with E-state index in [9.17, 15) is 0 Å². The molecule has 0 saturated heterocycles. The molecular weight excluding hydrogens is 314 g/mol. The second-order valence-corrected chi connectivity index (χ2v) is 6.13. The van der Waals surface area contributed by atoms with Gasteiger partial charge in [0.25, 0.3) is 0 Å². The average molecular weight is 343 g/mol. The highest BCUT2D eigenvalue weighted by Crippen LogP contribution is 2.14. The van der Waals surface area contributed by atoms with Crippen LogP contribution in [0.3, 0.4) is 0 Å². The van der Waals surface area contributed by atoms with Gasteiger partial charge in [0.05, 0.1) is 13.4 Å². The van der Waals surface area contributed by atoms with Crippen LogP contribution in [-0.4, -0.2) is 32.7 Å². The first kappa shape index (κ1) is 18.9. The summed E-state index contributed by atoms with van der Waals surface area (Å²) in [7, 11) is 1.69. The summed E-state index contributed by atoms with van der Waals surface area (Å²) in [5.74, 6) is 3.20. The van der Waals surface area contributed by atoms with E-state index in [0.717, 1.165) is 49.9 Å². The SMILES string of the molecule is CCNC(=NCC(C)Cc1ccc(OC)cc1)NCCc1ccco1. The molecule has 2 aromatic rings. The third-order valence-corrected chi connectivity index (χ3v) is 3.89. The van der Waals surface area contributed by atoms with Crippen molar-refractivity contribution in [1.82, 2.24) is 10.6 Å². The van der Waals surface area contributed by atoms with Crippen molar-refractivity contribution in [3.05, 3.63) is 54.0 Å². The van der Waals surface area contributed by atoms with E-state index in [2.05, 4.69) is 36.6 Å². The maximum atomic E-state index is 5.35. The number of guanidine groups is 1. The summed E-state index contributed by atoms with van der Waals surface area (Å²) >= 11 is 0. The van der Waals surface area contributed by atoms with Crippen LogP contribution in [0.5, 0.6) is 5.75 Å². The molecule has 2 N–H and O–H groups in total. The van der Waals surface area contributed by atoms with Gasteiger partial charge < -0.3 is 19.8 Å². The highest BCUT2D eigenvalue weighted by atomic mass is 16.5. The minimum absolute atomic E-state index is 0.467. The Bertz CT molecular complexity index is 621. The number of hydrogen-bond donors (Lipinski definition) is 2. The maximum absolute atomic E-state index is 5.35. The molecule has 136 valence electrons. The maximum Gasteiger partial charge on any atom is 0.191 e. The van der Waals surface area contributed by atoms with Gasteiger partial charge in [-0.25, -0.2) is 0 Å². The van der Waals surface area contributed by atoms with Gasteiger partial charge in [-0.05, 0) is 49.1 Å². The smallest absolute Gasteiger partial charge is 0.191 e. The first-order valence-electron chi connectivity index (χ1n) is 8.88. The lowest BCUT2D eigenvalue weighted by atomic mass is 10.0. The van der Waals surface area contributed by atoms with Crippen LogP contribution in [0.25, 0.3) is 0 Å². The molecule has 0 aliphatic rings. The van der Waals surface area contributed by atoms with Crippen LogP contribution in [0.1, 0.15) is 25.2 Å². The van der Waals surface area contributed by atoms with Crippen LogP contribution in [0, 0.1) is 5.92 Å². The summed E-state index contributed by atoms with van der Waals surface area (Å²) in [4.78, 5) is 4.70. The molecule has 5 heteroatoms. The molecule has 1 aromatic carbocycles. The topological polar surface area (TPSA) is 58.8 Å². The van der Waals surface area contributed by atoms with Gasteiger partial charge in [-0.1, -0.05) is 19.1 Å². The van der Waals surface area contributed by atoms with Gasteiger partial charge in [-0.15, -0.1) is 0 Å². The first-order valence-corrected chi connectivity index (χ1v) is 8.88. The number of nitrogens with zero attached hydrogens (tertiary/aromatic N) is 1. The van der Waals surface area contributed by atoms with E-state index < -0.39 is 0 Å². The third-order valence-electron chi connectivity index (χ3n) is 3.89. The Hall–Kier alpha value is -2.43. The van der Waals surface area contributed by atoms with Gasteiger partial charge in [0.1, 0.15) is 11.5 Å². The Balaban J connectivity index is 1.79. The number of ether oxygens (including phenoxy) is 1. The summed E-state index contributed by atoms with van der Waals surface area (Å²) in [5, 5.41) is 6.64. The van der Waals surface area contributed by atoms with Crippen molar-refractivity contribution in [3.63, 3.8) is 0 Å². The summed E-state index contributed by atoms with van der Waals surface area (Å²) in [6.45, 7) is 6.72. The van der Waals surface area contributed by atoms with Crippen LogP contribution in [-0.2, 0) is 12.8 Å². The summed E-state index contributed by atoms with van der Waals surface area (Å²) in [5.41, 5.74) is 1.30. The number of benzene rings is 1. The van der Waals surface area contributed by atoms with Gasteiger partial charge in [-0.2, -0.15) is 0 Å². The standard InChI is InChI=1S/C20H29N3O2/c1-4-21-20(22-12-11-19-6-5-13-25-19)23-15-16(2)14-17-7-9-18(24-3)10-8-17/h5-10,13,16H,4,11-12,14-15H2,1-3H3,(H2,21,22,23).